The fourth-order valence-electron chi connectivity index (χ4n) is 3.33. The van der Waals surface area contributed by atoms with E-state index in [2.05, 4.69) is 15.3 Å². The minimum Gasteiger partial charge on any atom is -0.383 e. The Balaban J connectivity index is 2.01. The van der Waals surface area contributed by atoms with Crippen LogP contribution >= 0.6 is 0 Å². The van der Waals surface area contributed by atoms with Crippen LogP contribution in [0.15, 0.2) is 70.7 Å². The number of sulfone groups is 1. The standard InChI is InChI=1S/C23H23N5O2S/c1-16-10-12-19(13-11-16)31(29,30)23-20(14-15-27(3)4)28-22(24-25-23)21(17(2)26-28)18-8-6-5-7-9-18/h5-15H,1-4H3/b15-14+. The molecule has 7 nitrogen and oxygen atoms in total. The van der Waals surface area contributed by atoms with Crippen LogP contribution in [0.5, 0.6) is 0 Å². The predicted octanol–water partition coefficient (Wildman–Crippen LogP) is 3.77. The van der Waals surface area contributed by atoms with Crippen LogP contribution in [-0.4, -0.2) is 47.2 Å². The average molecular weight is 434 g/mol. The maximum absolute atomic E-state index is 13.4. The molecule has 2 heterocycles. The monoisotopic (exact) mass is 433 g/mol. The van der Waals surface area contributed by atoms with E-state index in [0.717, 1.165) is 22.4 Å². The number of fused-ring (bicyclic) bond motifs is 1. The Kier molecular flexibility index (Phi) is 5.32. The molecule has 0 bridgehead atoms. The Morgan fingerprint density at radius 3 is 2.26 bits per heavy atom. The van der Waals surface area contributed by atoms with Gasteiger partial charge < -0.3 is 4.90 Å². The normalized spacial score (nSPS) is 12.0. The lowest BCUT2D eigenvalue weighted by Gasteiger charge is -2.10. The zero-order valence-electron chi connectivity index (χ0n) is 17.8. The summed E-state index contributed by atoms with van der Waals surface area (Å²) in [5, 5.41) is 13.0. The van der Waals surface area contributed by atoms with Gasteiger partial charge in [0.25, 0.3) is 0 Å². The van der Waals surface area contributed by atoms with Gasteiger partial charge in [0.1, 0.15) is 5.69 Å². The van der Waals surface area contributed by atoms with E-state index in [1.54, 1.807) is 41.1 Å². The number of nitrogens with zero attached hydrogens (tertiary/aromatic N) is 5. The van der Waals surface area contributed by atoms with Gasteiger partial charge in [0.2, 0.25) is 14.9 Å². The minimum atomic E-state index is -3.90. The van der Waals surface area contributed by atoms with Crippen LogP contribution in [0.25, 0.3) is 22.9 Å². The molecule has 4 aromatic rings. The number of aryl methyl sites for hydroxylation is 2. The van der Waals surface area contributed by atoms with Gasteiger partial charge in [-0.15, -0.1) is 10.2 Å². The second kappa shape index (κ2) is 7.96. The van der Waals surface area contributed by atoms with Gasteiger partial charge in [-0.25, -0.2) is 12.9 Å². The molecule has 0 fully saturated rings. The molecular formula is C23H23N5O2S. The Morgan fingerprint density at radius 1 is 0.935 bits per heavy atom. The average Bonchev–Trinajstić information content (AvgIpc) is 3.08. The minimum absolute atomic E-state index is 0.135. The van der Waals surface area contributed by atoms with E-state index in [9.17, 15) is 8.42 Å². The van der Waals surface area contributed by atoms with Crippen LogP contribution < -0.4 is 0 Å². The van der Waals surface area contributed by atoms with Crippen LogP contribution in [0.1, 0.15) is 17.0 Å². The van der Waals surface area contributed by atoms with Crippen LogP contribution in [-0.2, 0) is 9.84 Å². The molecule has 0 saturated heterocycles. The lowest BCUT2D eigenvalue weighted by molar-refractivity contribution is 0.566. The van der Waals surface area contributed by atoms with Crippen LogP contribution in [0, 0.1) is 13.8 Å². The first-order valence-electron chi connectivity index (χ1n) is 9.77. The van der Waals surface area contributed by atoms with E-state index >= 15 is 0 Å². The summed E-state index contributed by atoms with van der Waals surface area (Å²) >= 11 is 0. The fourth-order valence-corrected chi connectivity index (χ4v) is 4.63. The Morgan fingerprint density at radius 2 is 1.61 bits per heavy atom. The van der Waals surface area contributed by atoms with Crippen molar-refractivity contribution in [3.63, 3.8) is 0 Å². The predicted molar refractivity (Wildman–Crippen MR) is 120 cm³/mol. The van der Waals surface area contributed by atoms with Gasteiger partial charge in [-0.2, -0.15) is 5.10 Å². The van der Waals surface area contributed by atoms with E-state index < -0.39 is 9.84 Å². The number of benzene rings is 2. The third-order valence-electron chi connectivity index (χ3n) is 4.90. The van der Waals surface area contributed by atoms with Crippen molar-refractivity contribution in [1.29, 1.82) is 0 Å². The third kappa shape index (κ3) is 3.82. The first-order valence-corrected chi connectivity index (χ1v) is 11.2. The first-order chi connectivity index (χ1) is 14.8. The zero-order valence-corrected chi connectivity index (χ0v) is 18.6. The van der Waals surface area contributed by atoms with Gasteiger partial charge in [-0.3, -0.25) is 0 Å². The van der Waals surface area contributed by atoms with E-state index in [4.69, 9.17) is 0 Å². The molecule has 0 aliphatic rings. The summed E-state index contributed by atoms with van der Waals surface area (Å²) in [6, 6.07) is 16.5. The molecule has 0 aliphatic carbocycles. The Labute approximate surface area is 181 Å². The summed E-state index contributed by atoms with van der Waals surface area (Å²) in [5.41, 5.74) is 4.34. The second-order valence-corrected chi connectivity index (χ2v) is 9.41. The van der Waals surface area contributed by atoms with Crippen LogP contribution in [0.3, 0.4) is 0 Å². The zero-order chi connectivity index (χ0) is 22.2. The Hall–Kier alpha value is -3.52. The SMILES string of the molecule is Cc1ccc(S(=O)(=O)c2nnc3c(-c4ccccc4)c(C)nn3c2/C=C/N(C)C)cc1. The molecular weight excluding hydrogens is 410 g/mol. The quantitative estimate of drug-likeness (QED) is 0.477. The maximum atomic E-state index is 13.4. The molecule has 8 heteroatoms. The smallest absolute Gasteiger partial charge is 0.227 e. The number of aromatic nitrogens is 4. The van der Waals surface area contributed by atoms with Crippen molar-refractivity contribution in [2.45, 2.75) is 23.8 Å². The summed E-state index contributed by atoms with van der Waals surface area (Å²) in [6.45, 7) is 3.79. The Bertz CT molecular complexity index is 1370. The third-order valence-corrected chi connectivity index (χ3v) is 6.59. The highest BCUT2D eigenvalue weighted by molar-refractivity contribution is 7.91. The van der Waals surface area contributed by atoms with Crippen molar-refractivity contribution in [3.8, 4) is 11.1 Å². The fraction of sp³-hybridized carbons (Fsp3) is 0.174. The number of rotatable bonds is 5. The van der Waals surface area contributed by atoms with Crippen LogP contribution in [0.2, 0.25) is 0 Å². The number of hydrogen-bond donors (Lipinski definition) is 0. The van der Waals surface area contributed by atoms with E-state index in [1.165, 1.54) is 0 Å². The molecule has 0 unspecified atom stereocenters. The van der Waals surface area contributed by atoms with Crippen molar-refractivity contribution < 1.29 is 8.42 Å². The number of hydrogen-bond acceptors (Lipinski definition) is 6. The molecule has 4 rings (SSSR count). The second-order valence-electron chi connectivity index (χ2n) is 7.55. The van der Waals surface area contributed by atoms with Crippen molar-refractivity contribution in [1.82, 2.24) is 24.7 Å². The summed E-state index contributed by atoms with van der Waals surface area (Å²) in [6.07, 6.45) is 3.47. The lowest BCUT2D eigenvalue weighted by atomic mass is 10.1. The molecule has 0 N–H and O–H groups in total. The molecule has 0 saturated carbocycles. The van der Waals surface area contributed by atoms with Gasteiger partial charge in [0.15, 0.2) is 5.65 Å². The molecule has 0 spiro atoms. The van der Waals surface area contributed by atoms with E-state index in [-0.39, 0.29) is 9.92 Å². The van der Waals surface area contributed by atoms with Gasteiger partial charge in [0, 0.05) is 20.3 Å². The molecule has 31 heavy (non-hydrogen) atoms. The van der Waals surface area contributed by atoms with Crippen molar-refractivity contribution >= 4 is 21.6 Å². The van der Waals surface area contributed by atoms with E-state index in [0.29, 0.717) is 11.3 Å². The molecule has 0 atom stereocenters. The lowest BCUT2D eigenvalue weighted by Crippen LogP contribution is -2.13. The van der Waals surface area contributed by atoms with Gasteiger partial charge in [-0.1, -0.05) is 48.0 Å². The van der Waals surface area contributed by atoms with Crippen molar-refractivity contribution in [2.24, 2.45) is 0 Å². The highest BCUT2D eigenvalue weighted by Crippen LogP contribution is 2.30. The topological polar surface area (TPSA) is 80.5 Å². The largest absolute Gasteiger partial charge is 0.383 e. The van der Waals surface area contributed by atoms with Gasteiger partial charge in [-0.05, 0) is 37.6 Å². The molecule has 0 amide bonds. The summed E-state index contributed by atoms with van der Waals surface area (Å²) < 4.78 is 28.4. The molecule has 0 radical (unpaired) electrons. The maximum Gasteiger partial charge on any atom is 0.227 e. The first kappa shape index (κ1) is 20.7. The van der Waals surface area contributed by atoms with Crippen molar-refractivity contribution in [2.75, 3.05) is 14.1 Å². The molecule has 0 aliphatic heterocycles. The summed E-state index contributed by atoms with van der Waals surface area (Å²) in [5.74, 6) is 0. The molecule has 2 aromatic heterocycles. The van der Waals surface area contributed by atoms with Crippen LogP contribution in [0.4, 0.5) is 0 Å². The highest BCUT2D eigenvalue weighted by Gasteiger charge is 2.27. The summed E-state index contributed by atoms with van der Waals surface area (Å²) in [7, 11) is -0.176. The van der Waals surface area contributed by atoms with Crippen molar-refractivity contribution in [3.05, 3.63) is 77.7 Å². The van der Waals surface area contributed by atoms with Gasteiger partial charge >= 0.3 is 0 Å². The summed E-state index contributed by atoms with van der Waals surface area (Å²) in [4.78, 5) is 1.99. The van der Waals surface area contributed by atoms with E-state index in [1.807, 2.05) is 63.2 Å². The molecule has 2 aromatic carbocycles. The van der Waals surface area contributed by atoms with Gasteiger partial charge in [0.05, 0.1) is 16.2 Å². The highest BCUT2D eigenvalue weighted by atomic mass is 32.2. The molecule has 158 valence electrons.